The van der Waals surface area contributed by atoms with Crippen molar-refractivity contribution in [2.45, 2.75) is 107 Å². The van der Waals surface area contributed by atoms with Crippen LogP contribution in [0.5, 0.6) is 5.75 Å². The first-order chi connectivity index (χ1) is 31.2. The third-order valence-electron chi connectivity index (χ3n) is 16.3. The molecule has 5 fully saturated rings. The molecule has 3 saturated heterocycles. The SMILES string of the molecule is C[C@]12CCC3c4ccc(O)cc4CC(CCCNC(=O)c4ccc(N5CCC(CN6CCN(C[C@H]7OC[C@H](Nc8ccnc(C(F)(F)F)n8)[C@@H](O)[C@H]7O)CC6)CC5)cc4)C3C1CC[C@@H]2O. The number of nitrogens with one attached hydrogen (secondary N) is 2. The number of carbonyl (C=O) groups is 1. The number of hydrogen-bond donors (Lipinski definition) is 6. The van der Waals surface area contributed by atoms with Crippen LogP contribution >= 0.6 is 0 Å². The maximum absolute atomic E-state index is 13.3. The molecule has 0 spiro atoms. The Labute approximate surface area is 379 Å². The quantitative estimate of drug-likeness (QED) is 0.130. The highest BCUT2D eigenvalue weighted by Gasteiger charge is 2.56. The van der Waals surface area contributed by atoms with Crippen LogP contribution in [0.25, 0.3) is 0 Å². The predicted molar refractivity (Wildman–Crippen MR) is 240 cm³/mol. The smallest absolute Gasteiger partial charge is 0.451 e. The lowest BCUT2D eigenvalue weighted by Gasteiger charge is -2.53. The number of ether oxygens (including phenoxy) is 1. The number of aliphatic hydroxyl groups excluding tert-OH is 3. The van der Waals surface area contributed by atoms with E-state index >= 15 is 0 Å². The molecule has 3 aliphatic carbocycles. The number of aliphatic hydroxyl groups is 3. The topological polar surface area (TPSA) is 167 Å². The van der Waals surface area contributed by atoms with Crippen molar-refractivity contribution in [1.29, 1.82) is 0 Å². The van der Waals surface area contributed by atoms with Gasteiger partial charge in [-0.05, 0) is 146 Å². The first kappa shape index (κ1) is 46.1. The number of aromatic nitrogens is 2. The highest BCUT2D eigenvalue weighted by molar-refractivity contribution is 5.94. The number of piperidine rings is 1. The number of piperazine rings is 1. The second kappa shape index (κ2) is 19.3. The number of amides is 1. The molecule has 0 bridgehead atoms. The maximum Gasteiger partial charge on any atom is 0.451 e. The highest BCUT2D eigenvalue weighted by Crippen LogP contribution is 2.62. The number of benzene rings is 2. The lowest BCUT2D eigenvalue weighted by atomic mass is 9.52. The Bertz CT molecular complexity index is 2100. The normalized spacial score (nSPS) is 32.4. The first-order valence-corrected chi connectivity index (χ1v) is 24.0. The van der Waals surface area contributed by atoms with Gasteiger partial charge in [0.1, 0.15) is 23.8 Å². The van der Waals surface area contributed by atoms with E-state index < -0.39 is 36.4 Å². The largest absolute Gasteiger partial charge is 0.508 e. The van der Waals surface area contributed by atoms with Crippen LogP contribution in [0.15, 0.2) is 54.7 Å². The van der Waals surface area contributed by atoms with Gasteiger partial charge in [-0.2, -0.15) is 13.2 Å². The molecule has 2 aromatic carbocycles. The minimum atomic E-state index is -4.70. The zero-order chi connectivity index (χ0) is 45.5. The van der Waals surface area contributed by atoms with E-state index in [0.29, 0.717) is 54.0 Å². The van der Waals surface area contributed by atoms with Gasteiger partial charge in [0, 0.05) is 76.4 Å². The molecule has 4 unspecified atom stereocenters. The second-order valence-electron chi connectivity index (χ2n) is 20.1. The van der Waals surface area contributed by atoms with E-state index in [0.717, 1.165) is 115 Å². The van der Waals surface area contributed by atoms with Crippen LogP contribution < -0.4 is 15.5 Å². The third kappa shape index (κ3) is 9.99. The molecule has 10 atom stereocenters. The molecule has 3 aromatic rings. The molecule has 1 amide bonds. The van der Waals surface area contributed by atoms with Crippen molar-refractivity contribution in [3.8, 4) is 5.75 Å². The van der Waals surface area contributed by atoms with Gasteiger partial charge >= 0.3 is 6.18 Å². The molecular formula is C49H66F3N7O6. The Morgan fingerprint density at radius 1 is 0.908 bits per heavy atom. The molecule has 4 heterocycles. The zero-order valence-corrected chi connectivity index (χ0v) is 37.4. The van der Waals surface area contributed by atoms with Gasteiger partial charge in [0.2, 0.25) is 5.82 Å². The standard InChI is InChI=1S/C49H66F3N7O6/c1-48-16-12-37-36-9-8-35(60)26-33(36)25-32(43(37)38(48)10-11-41(48)61)3-2-17-53-46(64)31-4-6-34(7-5-31)59-19-14-30(15-20-59)27-57-21-23-58(24-22-57)28-40-45(63)44(62)39(29-65-40)55-42-13-18-54-47(56-42)49(50,51)52/h4-9,13,18,26,30,32,37-41,43-45,60-63H,2-3,10-12,14-17,19-25,27-29H2,1H3,(H,53,64)(H,54,55,56)/t32?,37?,38?,39-,40+,41-,43?,44+,45-,48-/m0/s1. The summed E-state index contributed by atoms with van der Waals surface area (Å²) in [6.45, 7) is 9.70. The molecule has 3 aliphatic heterocycles. The molecule has 2 saturated carbocycles. The molecule has 1 aromatic heterocycles. The van der Waals surface area contributed by atoms with Crippen molar-refractivity contribution in [2.75, 3.05) is 75.7 Å². The number of fused-ring (bicyclic) bond motifs is 5. The lowest BCUT2D eigenvalue weighted by molar-refractivity contribution is -0.148. The number of carbonyl (C=O) groups excluding carboxylic acids is 1. The molecule has 354 valence electrons. The summed E-state index contributed by atoms with van der Waals surface area (Å²) < 4.78 is 45.1. The van der Waals surface area contributed by atoms with Gasteiger partial charge in [-0.1, -0.05) is 13.0 Å². The van der Waals surface area contributed by atoms with E-state index in [4.69, 9.17) is 4.74 Å². The molecule has 65 heavy (non-hydrogen) atoms. The van der Waals surface area contributed by atoms with Gasteiger partial charge in [0.05, 0.1) is 24.9 Å². The van der Waals surface area contributed by atoms with Crippen LogP contribution in [0, 0.1) is 29.1 Å². The molecule has 16 heteroatoms. The van der Waals surface area contributed by atoms with Gasteiger partial charge in [0.25, 0.3) is 5.91 Å². The molecule has 13 nitrogen and oxygen atoms in total. The number of phenols is 1. The van der Waals surface area contributed by atoms with Crippen molar-refractivity contribution in [2.24, 2.45) is 29.1 Å². The fraction of sp³-hybridized carbons (Fsp3) is 0.653. The number of anilines is 2. The predicted octanol–water partition coefficient (Wildman–Crippen LogP) is 5.29. The van der Waals surface area contributed by atoms with Gasteiger partial charge in [-0.25, -0.2) is 9.97 Å². The van der Waals surface area contributed by atoms with Crippen LogP contribution in [0.2, 0.25) is 0 Å². The van der Waals surface area contributed by atoms with E-state index in [-0.39, 0.29) is 29.9 Å². The highest BCUT2D eigenvalue weighted by atomic mass is 19.4. The summed E-state index contributed by atoms with van der Waals surface area (Å²) in [6.07, 6.45) is 2.07. The van der Waals surface area contributed by atoms with E-state index in [2.05, 4.69) is 60.4 Å². The maximum atomic E-state index is 13.3. The van der Waals surface area contributed by atoms with Crippen molar-refractivity contribution >= 4 is 17.4 Å². The Hall–Kier alpha value is -4.06. The Balaban J connectivity index is 0.678. The van der Waals surface area contributed by atoms with E-state index in [1.165, 1.54) is 17.2 Å². The minimum Gasteiger partial charge on any atom is -0.508 e. The van der Waals surface area contributed by atoms with Crippen molar-refractivity contribution in [3.05, 3.63) is 77.2 Å². The van der Waals surface area contributed by atoms with Gasteiger partial charge in [-0.3, -0.25) is 9.69 Å². The van der Waals surface area contributed by atoms with Crippen LogP contribution in [-0.2, 0) is 17.3 Å². The monoisotopic (exact) mass is 906 g/mol. The number of hydrogen-bond acceptors (Lipinski definition) is 12. The van der Waals surface area contributed by atoms with Gasteiger partial charge in [-0.15, -0.1) is 0 Å². The Kier molecular flexibility index (Phi) is 13.7. The first-order valence-electron chi connectivity index (χ1n) is 24.0. The van der Waals surface area contributed by atoms with Crippen LogP contribution in [-0.4, -0.2) is 142 Å². The zero-order valence-electron chi connectivity index (χ0n) is 37.4. The fourth-order valence-electron chi connectivity index (χ4n) is 12.6. The average Bonchev–Trinajstić information content (AvgIpc) is 3.61. The van der Waals surface area contributed by atoms with Crippen molar-refractivity contribution < 1.29 is 43.1 Å². The van der Waals surface area contributed by atoms with Crippen LogP contribution in [0.3, 0.4) is 0 Å². The summed E-state index contributed by atoms with van der Waals surface area (Å²) in [5.41, 5.74) is 4.44. The summed E-state index contributed by atoms with van der Waals surface area (Å²) >= 11 is 0. The summed E-state index contributed by atoms with van der Waals surface area (Å²) in [6, 6.07) is 14.4. The number of nitrogens with zero attached hydrogens (tertiary/aromatic N) is 5. The molecule has 9 rings (SSSR count). The van der Waals surface area contributed by atoms with Crippen molar-refractivity contribution in [1.82, 2.24) is 25.1 Å². The molecule has 6 N–H and O–H groups in total. The molecule has 6 aliphatic rings. The van der Waals surface area contributed by atoms with E-state index in [1.54, 1.807) is 0 Å². The van der Waals surface area contributed by atoms with Crippen molar-refractivity contribution in [3.63, 3.8) is 0 Å². The number of phenolic OH excluding ortho intramolecular Hbond substituents is 1. The van der Waals surface area contributed by atoms with E-state index in [9.17, 15) is 38.4 Å². The summed E-state index contributed by atoms with van der Waals surface area (Å²) in [7, 11) is 0. The number of alkyl halides is 3. The Morgan fingerprint density at radius 2 is 1.65 bits per heavy atom. The van der Waals surface area contributed by atoms with E-state index in [1.807, 2.05) is 24.3 Å². The number of halogens is 3. The number of aromatic hydroxyl groups is 1. The fourth-order valence-corrected chi connectivity index (χ4v) is 12.6. The second-order valence-corrected chi connectivity index (χ2v) is 20.1. The molecule has 0 radical (unpaired) electrons. The Morgan fingerprint density at radius 3 is 2.38 bits per heavy atom. The summed E-state index contributed by atoms with van der Waals surface area (Å²) in [4.78, 5) is 27.2. The lowest BCUT2D eigenvalue weighted by Crippen LogP contribution is -2.59. The summed E-state index contributed by atoms with van der Waals surface area (Å²) in [5.74, 6) is 1.41. The minimum absolute atomic E-state index is 0.00699. The van der Waals surface area contributed by atoms with Gasteiger partial charge < -0.3 is 45.6 Å². The van der Waals surface area contributed by atoms with Crippen LogP contribution in [0.1, 0.15) is 91.5 Å². The van der Waals surface area contributed by atoms with Gasteiger partial charge in [0.15, 0.2) is 0 Å². The number of rotatable bonds is 12. The van der Waals surface area contributed by atoms with Crippen LogP contribution in [0.4, 0.5) is 24.7 Å². The third-order valence-corrected chi connectivity index (χ3v) is 16.3. The molecular weight excluding hydrogens is 840 g/mol. The summed E-state index contributed by atoms with van der Waals surface area (Å²) in [5, 5.41) is 49.0. The average molecular weight is 906 g/mol.